The van der Waals surface area contributed by atoms with Crippen LogP contribution in [0.3, 0.4) is 0 Å². The van der Waals surface area contributed by atoms with Gasteiger partial charge < -0.3 is 5.73 Å². The molecular formula is C6H17NSi. The van der Waals surface area contributed by atoms with Crippen LogP contribution in [0.2, 0.25) is 25.6 Å². The van der Waals surface area contributed by atoms with E-state index in [2.05, 4.69) is 0 Å². The van der Waals surface area contributed by atoms with E-state index < -0.39 is 26.9 Å². The highest BCUT2D eigenvalue weighted by molar-refractivity contribution is 6.76. The molecule has 0 aliphatic rings. The maximum atomic E-state index is 7.67. The average Bonchev–Trinajstić information content (AvgIpc) is 1.81. The maximum Gasteiger partial charge on any atom is 0.0443 e. The molecule has 0 aromatic rings. The highest BCUT2D eigenvalue weighted by Crippen LogP contribution is 2.09. The normalized spacial score (nSPS) is 28.5. The number of hydrogen-bond acceptors (Lipinski definition) is 1. The Morgan fingerprint density at radius 2 is 2.00 bits per heavy atom. The molecule has 1 nitrogen and oxygen atoms in total. The minimum atomic E-state index is -2.68. The van der Waals surface area contributed by atoms with Crippen molar-refractivity contribution >= 4 is 8.07 Å². The summed E-state index contributed by atoms with van der Waals surface area (Å²) in [4.78, 5) is 0. The van der Waals surface area contributed by atoms with E-state index >= 15 is 0 Å². The molecule has 0 unspecified atom stereocenters. The molecule has 0 aromatic heterocycles. The zero-order valence-corrected chi connectivity index (χ0v) is 6.58. The fourth-order valence-corrected chi connectivity index (χ4v) is 0.671. The van der Waals surface area contributed by atoms with Gasteiger partial charge in [0.25, 0.3) is 0 Å². The quantitative estimate of drug-likeness (QED) is 0.588. The van der Waals surface area contributed by atoms with Crippen LogP contribution in [0.5, 0.6) is 0 Å². The maximum absolute atomic E-state index is 7.67. The SMILES string of the molecule is [2H]C([2H])(N)C([2H])([2H])C([2H])([2H])[Si](C)(C)C. The molecule has 0 bridgehead atoms. The van der Waals surface area contributed by atoms with Crippen molar-refractivity contribution < 1.29 is 8.22 Å². The van der Waals surface area contributed by atoms with E-state index in [1.807, 2.05) is 0 Å². The molecule has 0 saturated carbocycles. The molecule has 0 fully saturated rings. The molecule has 2 heteroatoms. The van der Waals surface area contributed by atoms with Crippen LogP contribution in [0, 0.1) is 0 Å². The van der Waals surface area contributed by atoms with E-state index in [1.165, 1.54) is 0 Å². The van der Waals surface area contributed by atoms with E-state index in [9.17, 15) is 0 Å². The van der Waals surface area contributed by atoms with Crippen LogP contribution in [0.15, 0.2) is 0 Å². The highest BCUT2D eigenvalue weighted by atomic mass is 28.3. The first-order chi connectivity index (χ1) is 5.75. The summed E-state index contributed by atoms with van der Waals surface area (Å²) in [7, 11) is -2.49. The van der Waals surface area contributed by atoms with Gasteiger partial charge in [-0.05, 0) is 12.9 Å². The zero-order chi connectivity index (χ0) is 12.0. The first-order valence-corrected chi connectivity index (χ1v) is 6.04. The van der Waals surface area contributed by atoms with Crippen molar-refractivity contribution in [1.29, 1.82) is 0 Å². The lowest BCUT2D eigenvalue weighted by molar-refractivity contribution is 0.912. The molecule has 0 spiro atoms. The fraction of sp³-hybridized carbons (Fsp3) is 1.00. The van der Waals surface area contributed by atoms with Crippen LogP contribution in [-0.2, 0) is 0 Å². The van der Waals surface area contributed by atoms with E-state index in [4.69, 9.17) is 14.0 Å². The van der Waals surface area contributed by atoms with Crippen molar-refractivity contribution in [3.63, 3.8) is 0 Å². The van der Waals surface area contributed by atoms with Gasteiger partial charge in [0.05, 0.1) is 0 Å². The summed E-state index contributed by atoms with van der Waals surface area (Å²) in [5.74, 6) is -2.21. The lowest BCUT2D eigenvalue weighted by Gasteiger charge is -2.13. The van der Waals surface area contributed by atoms with Crippen LogP contribution in [-0.4, -0.2) is 14.6 Å². The van der Waals surface area contributed by atoms with Gasteiger partial charge in [0.2, 0.25) is 0 Å². The molecular weight excluding hydrogens is 114 g/mol. The minimum Gasteiger partial charge on any atom is -0.330 e. The van der Waals surface area contributed by atoms with Gasteiger partial charge in [-0.1, -0.05) is 25.6 Å². The molecule has 0 saturated heterocycles. The predicted molar refractivity (Wildman–Crippen MR) is 41.8 cm³/mol. The summed E-state index contributed by atoms with van der Waals surface area (Å²) in [5, 5.41) is 0. The van der Waals surface area contributed by atoms with Crippen LogP contribution in [0.1, 0.15) is 14.6 Å². The van der Waals surface area contributed by atoms with E-state index in [0.717, 1.165) is 0 Å². The lowest BCUT2D eigenvalue weighted by Crippen LogP contribution is -2.20. The molecule has 0 aromatic carbocycles. The Morgan fingerprint density at radius 1 is 1.50 bits per heavy atom. The Bertz CT molecular complexity index is 191. The number of nitrogens with two attached hydrogens (primary N) is 1. The summed E-state index contributed by atoms with van der Waals surface area (Å²) >= 11 is 0. The second-order valence-corrected chi connectivity index (χ2v) is 7.39. The van der Waals surface area contributed by atoms with E-state index in [0.29, 0.717) is 0 Å². The van der Waals surface area contributed by atoms with Gasteiger partial charge in [-0.2, -0.15) is 0 Å². The fourth-order valence-electron chi connectivity index (χ4n) is 0.224. The molecule has 8 heavy (non-hydrogen) atoms. The van der Waals surface area contributed by atoms with Crippen molar-refractivity contribution in [3.05, 3.63) is 0 Å². The van der Waals surface area contributed by atoms with Crippen LogP contribution < -0.4 is 5.73 Å². The topological polar surface area (TPSA) is 26.0 Å². The predicted octanol–water partition coefficient (Wildman–Crippen LogP) is 1.67. The third-order valence-corrected chi connectivity index (χ3v) is 1.38. The molecule has 0 radical (unpaired) electrons. The van der Waals surface area contributed by atoms with Gasteiger partial charge in [0, 0.05) is 16.3 Å². The molecule has 2 N–H and O–H groups in total. The van der Waals surface area contributed by atoms with Crippen molar-refractivity contribution in [2.24, 2.45) is 5.73 Å². The second kappa shape index (κ2) is 3.25. The highest BCUT2D eigenvalue weighted by Gasteiger charge is 2.10. The number of hydrogen-bond donors (Lipinski definition) is 1. The van der Waals surface area contributed by atoms with Gasteiger partial charge in [0.15, 0.2) is 0 Å². The molecule has 0 aliphatic heterocycles. The zero-order valence-electron chi connectivity index (χ0n) is 11.6. The minimum absolute atomic E-state index is 1.65. The molecule has 50 valence electrons. The van der Waals surface area contributed by atoms with Crippen molar-refractivity contribution in [3.8, 4) is 0 Å². The summed E-state index contributed by atoms with van der Waals surface area (Å²) in [6.45, 7) is 2.28. The molecule has 0 heterocycles. The molecule has 0 amide bonds. The Balaban J connectivity index is 5.30. The van der Waals surface area contributed by atoms with E-state index in [1.54, 1.807) is 19.6 Å². The molecule has 0 atom stereocenters. The van der Waals surface area contributed by atoms with Crippen LogP contribution in [0.4, 0.5) is 0 Å². The summed E-state index contributed by atoms with van der Waals surface area (Å²) in [5.41, 5.74) is 5.04. The lowest BCUT2D eigenvalue weighted by atomic mass is 10.5. The molecule has 0 aliphatic carbocycles. The first kappa shape index (κ1) is 2.43. The van der Waals surface area contributed by atoms with Crippen molar-refractivity contribution in [2.75, 3.05) is 6.50 Å². The molecule has 0 rings (SSSR count). The largest absolute Gasteiger partial charge is 0.330 e. The first-order valence-electron chi connectivity index (χ1n) is 5.54. The second-order valence-electron chi connectivity index (χ2n) is 2.64. The van der Waals surface area contributed by atoms with Gasteiger partial charge >= 0.3 is 0 Å². The van der Waals surface area contributed by atoms with Gasteiger partial charge in [-0.3, -0.25) is 0 Å². The van der Waals surface area contributed by atoms with E-state index in [-0.39, 0.29) is 0 Å². The Kier molecular flexibility index (Phi) is 0.986. The monoisotopic (exact) mass is 137 g/mol. The van der Waals surface area contributed by atoms with Gasteiger partial charge in [-0.25, -0.2) is 0 Å². The van der Waals surface area contributed by atoms with Crippen LogP contribution in [0.25, 0.3) is 0 Å². The summed E-state index contributed by atoms with van der Waals surface area (Å²) in [6, 6.07) is 0. The third-order valence-electron chi connectivity index (χ3n) is 0.510. The summed E-state index contributed by atoms with van der Waals surface area (Å²) < 4.78 is 44.5. The smallest absolute Gasteiger partial charge is 0.0443 e. The van der Waals surface area contributed by atoms with Crippen LogP contribution >= 0.6 is 0 Å². The third kappa shape index (κ3) is 6.18. The van der Waals surface area contributed by atoms with Crippen molar-refractivity contribution in [2.45, 2.75) is 32.0 Å². The Hall–Kier alpha value is 0.177. The van der Waals surface area contributed by atoms with Crippen molar-refractivity contribution in [1.82, 2.24) is 0 Å². The summed E-state index contributed by atoms with van der Waals surface area (Å²) in [6.07, 6.45) is -2.68. The van der Waals surface area contributed by atoms with Gasteiger partial charge in [0.1, 0.15) is 0 Å². The Morgan fingerprint density at radius 3 is 2.12 bits per heavy atom. The standard InChI is InChI=1S/C6H17NSi/c1-8(2,3)6-4-5-7/h4-7H2,1-3H3/i4D2,5D2,6D2. The average molecular weight is 137 g/mol. The number of rotatable bonds is 3. The Labute approximate surface area is 61.7 Å². The van der Waals surface area contributed by atoms with Gasteiger partial charge in [-0.15, -0.1) is 0 Å².